The molecule has 0 bridgehead atoms. The molecule has 0 heterocycles. The lowest BCUT2D eigenvalue weighted by atomic mass is 9.85. The van der Waals surface area contributed by atoms with E-state index in [0.29, 0.717) is 12.8 Å². The molecule has 0 spiro atoms. The smallest absolute Gasteiger partial charge is 0.462 e. The fraction of sp³-hybridized carbons (Fsp3) is 0.755. The van der Waals surface area contributed by atoms with E-state index in [0.717, 1.165) is 77.0 Å². The molecule has 364 valence electrons. The van der Waals surface area contributed by atoms with Crippen LogP contribution in [0.5, 0.6) is 0 Å². The molecule has 1 fully saturated rings. The van der Waals surface area contributed by atoms with Crippen LogP contribution in [-0.4, -0.2) is 98.3 Å². The quantitative estimate of drug-likeness (QED) is 0.0147. The molecule has 0 aromatic rings. The summed E-state index contributed by atoms with van der Waals surface area (Å²) in [6.07, 6.45) is 34.1. The van der Waals surface area contributed by atoms with Crippen LogP contribution in [0.3, 0.4) is 0 Å². The first-order chi connectivity index (χ1) is 30.4. The van der Waals surface area contributed by atoms with Crippen molar-refractivity contribution in [2.24, 2.45) is 0 Å². The lowest BCUT2D eigenvalue weighted by molar-refractivity contribution is -0.220. The van der Waals surface area contributed by atoms with Crippen LogP contribution >= 0.6 is 7.82 Å². The van der Waals surface area contributed by atoms with Crippen molar-refractivity contribution in [2.75, 3.05) is 13.2 Å². The molecule has 13 nitrogen and oxygen atoms in total. The van der Waals surface area contributed by atoms with E-state index in [9.17, 15) is 44.6 Å². The van der Waals surface area contributed by atoms with Gasteiger partial charge in [-0.05, 0) is 77.0 Å². The molecule has 0 aromatic carbocycles. The summed E-state index contributed by atoms with van der Waals surface area (Å²) < 4.78 is 33.5. The van der Waals surface area contributed by atoms with Gasteiger partial charge in [-0.15, -0.1) is 0 Å². The number of hydrogen-bond acceptors (Lipinski definition) is 12. The van der Waals surface area contributed by atoms with E-state index >= 15 is 0 Å². The van der Waals surface area contributed by atoms with Gasteiger partial charge in [-0.1, -0.05) is 152 Å². The maximum atomic E-state index is 12.8. The Bertz CT molecular complexity index is 1330. The molecule has 1 saturated carbocycles. The Labute approximate surface area is 379 Å². The highest BCUT2D eigenvalue weighted by Gasteiger charge is 2.51. The van der Waals surface area contributed by atoms with Crippen LogP contribution in [0.2, 0.25) is 0 Å². The van der Waals surface area contributed by atoms with Gasteiger partial charge in [0.1, 0.15) is 43.2 Å². The average molecular weight is 913 g/mol. The van der Waals surface area contributed by atoms with Gasteiger partial charge in [0.2, 0.25) is 0 Å². The molecule has 8 atom stereocenters. The summed E-state index contributed by atoms with van der Waals surface area (Å²) in [4.78, 5) is 35.7. The van der Waals surface area contributed by atoms with Gasteiger partial charge in [0.25, 0.3) is 0 Å². The number of carbonyl (C=O) groups excluding carboxylic acids is 2. The first-order valence-corrected chi connectivity index (χ1v) is 25.6. The van der Waals surface area contributed by atoms with Crippen LogP contribution in [0.15, 0.2) is 60.8 Å². The highest BCUT2D eigenvalue weighted by atomic mass is 31.2. The third kappa shape index (κ3) is 31.2. The van der Waals surface area contributed by atoms with Crippen molar-refractivity contribution in [3.8, 4) is 0 Å². The summed E-state index contributed by atoms with van der Waals surface area (Å²) in [5.41, 5.74) is 0. The van der Waals surface area contributed by atoms with E-state index in [1.807, 2.05) is 0 Å². The van der Waals surface area contributed by atoms with Crippen LogP contribution in [0, 0.1) is 0 Å². The van der Waals surface area contributed by atoms with Crippen molar-refractivity contribution in [2.45, 2.75) is 224 Å². The summed E-state index contributed by atoms with van der Waals surface area (Å²) >= 11 is 0. The van der Waals surface area contributed by atoms with Crippen LogP contribution < -0.4 is 0 Å². The number of unbranched alkanes of at least 4 members (excludes halogenated alkanes) is 17. The summed E-state index contributed by atoms with van der Waals surface area (Å²) in [7, 11) is -5.13. The van der Waals surface area contributed by atoms with E-state index < -0.39 is 75.7 Å². The minimum absolute atomic E-state index is 0.0569. The topological polar surface area (TPSA) is 210 Å². The normalized spacial score (nSPS) is 22.2. The number of carbonyl (C=O) groups is 2. The number of aliphatic hydroxyl groups is 5. The number of phosphoric acid groups is 1. The lowest BCUT2D eigenvalue weighted by Gasteiger charge is -2.41. The molecule has 6 N–H and O–H groups in total. The predicted molar refractivity (Wildman–Crippen MR) is 249 cm³/mol. The highest BCUT2D eigenvalue weighted by Crippen LogP contribution is 2.47. The van der Waals surface area contributed by atoms with Crippen molar-refractivity contribution < 1.29 is 63.1 Å². The van der Waals surface area contributed by atoms with Crippen molar-refractivity contribution >= 4 is 19.8 Å². The van der Waals surface area contributed by atoms with Gasteiger partial charge in [-0.2, -0.15) is 0 Å². The molecule has 0 aliphatic heterocycles. The van der Waals surface area contributed by atoms with Gasteiger partial charge >= 0.3 is 19.8 Å². The number of hydrogen-bond donors (Lipinski definition) is 6. The molecule has 0 saturated heterocycles. The number of rotatable bonds is 39. The van der Waals surface area contributed by atoms with Gasteiger partial charge in [0.05, 0.1) is 6.61 Å². The number of allylic oxidation sites excluding steroid dienone is 10. The number of esters is 2. The Morgan fingerprint density at radius 3 is 1.38 bits per heavy atom. The summed E-state index contributed by atoms with van der Waals surface area (Å²) in [6.45, 7) is 3.21. The Morgan fingerprint density at radius 2 is 0.873 bits per heavy atom. The first kappa shape index (κ1) is 58.6. The monoisotopic (exact) mass is 913 g/mol. The van der Waals surface area contributed by atoms with Gasteiger partial charge in [0, 0.05) is 12.8 Å². The van der Waals surface area contributed by atoms with Crippen molar-refractivity contribution in [3.05, 3.63) is 60.8 Å². The molecule has 0 aromatic heterocycles. The zero-order chi connectivity index (χ0) is 46.4. The summed E-state index contributed by atoms with van der Waals surface area (Å²) in [5.74, 6) is -1.14. The van der Waals surface area contributed by atoms with E-state index in [-0.39, 0.29) is 12.8 Å². The van der Waals surface area contributed by atoms with E-state index in [4.69, 9.17) is 18.5 Å². The second kappa shape index (κ2) is 38.8. The van der Waals surface area contributed by atoms with E-state index in [1.54, 1.807) is 0 Å². The SMILES string of the molecule is CCCC/C=C/CCCCCCCCCCCC(=O)OC[C@H](COP(=O)(O)OC1C(O)C(O)C(O)[C@@H](O)C1O)OC(=O)CCCCC/C=C/C/C=C/C/C=C/C/C=C/CCCCC. The molecule has 63 heavy (non-hydrogen) atoms. The largest absolute Gasteiger partial charge is 0.472 e. The maximum absolute atomic E-state index is 12.8. The first-order valence-electron chi connectivity index (χ1n) is 24.1. The van der Waals surface area contributed by atoms with E-state index in [1.165, 1.54) is 64.2 Å². The second-order valence-electron chi connectivity index (χ2n) is 16.6. The third-order valence-electron chi connectivity index (χ3n) is 10.8. The molecular formula is C49H85O13P. The van der Waals surface area contributed by atoms with Gasteiger partial charge in [-0.3, -0.25) is 18.6 Å². The molecule has 6 unspecified atom stereocenters. The zero-order valence-corrected chi connectivity index (χ0v) is 39.5. The van der Waals surface area contributed by atoms with Crippen LogP contribution in [0.4, 0.5) is 0 Å². The summed E-state index contributed by atoms with van der Waals surface area (Å²) in [5, 5.41) is 50.2. The number of phosphoric ester groups is 1. The van der Waals surface area contributed by atoms with Crippen molar-refractivity contribution in [1.29, 1.82) is 0 Å². The van der Waals surface area contributed by atoms with E-state index in [2.05, 4.69) is 74.6 Å². The van der Waals surface area contributed by atoms with Crippen LogP contribution in [0.1, 0.15) is 181 Å². The molecule has 1 aliphatic rings. The Balaban J connectivity index is 2.47. The third-order valence-corrected chi connectivity index (χ3v) is 11.8. The lowest BCUT2D eigenvalue weighted by Crippen LogP contribution is -2.64. The second-order valence-corrected chi connectivity index (χ2v) is 18.0. The fourth-order valence-electron chi connectivity index (χ4n) is 6.90. The Hall–Kier alpha value is -2.45. The molecule has 14 heteroatoms. The Morgan fingerprint density at radius 1 is 0.492 bits per heavy atom. The van der Waals surface area contributed by atoms with Crippen molar-refractivity contribution in [3.63, 3.8) is 0 Å². The number of aliphatic hydroxyl groups excluding tert-OH is 5. The summed E-state index contributed by atoms with van der Waals surface area (Å²) in [6, 6.07) is 0. The van der Waals surface area contributed by atoms with Crippen LogP contribution in [0.25, 0.3) is 0 Å². The molecule has 1 rings (SSSR count). The molecule has 0 radical (unpaired) electrons. The van der Waals surface area contributed by atoms with Crippen molar-refractivity contribution in [1.82, 2.24) is 0 Å². The maximum Gasteiger partial charge on any atom is 0.472 e. The zero-order valence-electron chi connectivity index (χ0n) is 38.6. The minimum Gasteiger partial charge on any atom is -0.462 e. The number of ether oxygens (including phenoxy) is 2. The van der Waals surface area contributed by atoms with Crippen LogP contribution in [-0.2, 0) is 32.7 Å². The molecular weight excluding hydrogens is 827 g/mol. The standard InChI is InChI=1S/C49H85O13P/c1-3-5-7-9-11-13-15-17-19-20-21-22-24-26-28-30-32-34-36-38-43(51)61-41(40-60-63(57,58)62-49-47(55)45(53)44(52)46(54)48(49)56)39-59-42(50)37-35-33-31-29-27-25-23-18-16-14-12-10-8-6-4-2/h10-13,17,19,21-22,26,28,41,44-49,52-56H,3-9,14-16,18,20,23-25,27,29-40H2,1-2H3,(H,57,58)/b12-10+,13-11+,19-17+,22-21+,28-26+/t41-,44?,45-,46?,47?,48?,49?/m1/s1. The fourth-order valence-corrected chi connectivity index (χ4v) is 7.87. The Kier molecular flexibility index (Phi) is 36.1. The average Bonchev–Trinajstić information content (AvgIpc) is 3.26. The highest BCUT2D eigenvalue weighted by molar-refractivity contribution is 7.47. The van der Waals surface area contributed by atoms with Gasteiger partial charge < -0.3 is 39.9 Å². The minimum atomic E-state index is -5.13. The van der Waals surface area contributed by atoms with Gasteiger partial charge in [-0.25, -0.2) is 4.57 Å². The van der Waals surface area contributed by atoms with Gasteiger partial charge in [0.15, 0.2) is 6.10 Å². The predicted octanol–water partition coefficient (Wildman–Crippen LogP) is 9.73. The molecule has 1 aliphatic carbocycles. The molecule has 0 amide bonds.